The Morgan fingerprint density at radius 1 is 1.37 bits per heavy atom. The van der Waals surface area contributed by atoms with E-state index < -0.39 is 0 Å². The van der Waals surface area contributed by atoms with Gasteiger partial charge in [-0.2, -0.15) is 0 Å². The second-order valence-electron chi connectivity index (χ2n) is 5.85. The van der Waals surface area contributed by atoms with E-state index in [1.807, 2.05) is 6.07 Å². The van der Waals surface area contributed by atoms with Crippen molar-refractivity contribution in [2.24, 2.45) is 11.7 Å². The number of benzene rings is 1. The van der Waals surface area contributed by atoms with Crippen molar-refractivity contribution in [1.29, 1.82) is 0 Å². The van der Waals surface area contributed by atoms with E-state index in [1.54, 1.807) is 12.1 Å². The lowest BCUT2D eigenvalue weighted by Gasteiger charge is -2.24. The van der Waals surface area contributed by atoms with E-state index in [-0.39, 0.29) is 11.9 Å². The minimum Gasteiger partial charge on any atom is -0.323 e. The van der Waals surface area contributed by atoms with Gasteiger partial charge in [-0.05, 0) is 26.1 Å². The van der Waals surface area contributed by atoms with Crippen LogP contribution in [0.1, 0.15) is 18.5 Å². The van der Waals surface area contributed by atoms with Crippen molar-refractivity contribution in [1.82, 2.24) is 9.80 Å². The van der Waals surface area contributed by atoms with Gasteiger partial charge < -0.3 is 10.6 Å². The predicted octanol–water partition coefficient (Wildman–Crippen LogP) is 1.71. The van der Waals surface area contributed by atoms with Crippen LogP contribution in [-0.2, 0) is 0 Å². The van der Waals surface area contributed by atoms with Crippen LogP contribution >= 0.6 is 0 Å². The molecule has 3 nitrogen and oxygen atoms in total. The van der Waals surface area contributed by atoms with Gasteiger partial charge >= 0.3 is 0 Å². The fraction of sp³-hybridized carbons (Fsp3) is 0.600. The van der Waals surface area contributed by atoms with Crippen LogP contribution in [0.4, 0.5) is 4.39 Å². The molecular weight excluding hydrogens is 241 g/mol. The third kappa shape index (κ3) is 3.32. The van der Waals surface area contributed by atoms with E-state index >= 15 is 0 Å². The molecule has 1 heterocycles. The minimum absolute atomic E-state index is 0.202. The molecule has 0 bridgehead atoms. The Hall–Kier alpha value is -0.970. The van der Waals surface area contributed by atoms with E-state index in [9.17, 15) is 4.39 Å². The van der Waals surface area contributed by atoms with E-state index in [4.69, 9.17) is 5.73 Å². The molecule has 0 spiro atoms. The smallest absolute Gasteiger partial charge is 0.128 e. The number of likely N-dealkylation sites (tertiary alicyclic amines) is 1. The molecule has 1 aliphatic rings. The van der Waals surface area contributed by atoms with Crippen molar-refractivity contribution in [3.8, 4) is 0 Å². The highest BCUT2D eigenvalue weighted by Crippen LogP contribution is 2.23. The van der Waals surface area contributed by atoms with E-state index in [1.165, 1.54) is 6.07 Å². The first-order valence-electron chi connectivity index (χ1n) is 6.88. The summed E-state index contributed by atoms with van der Waals surface area (Å²) in [6, 6.07) is 7.11. The van der Waals surface area contributed by atoms with Crippen molar-refractivity contribution in [3.05, 3.63) is 35.6 Å². The van der Waals surface area contributed by atoms with Crippen LogP contribution in [0.2, 0.25) is 0 Å². The Morgan fingerprint density at radius 2 is 2.05 bits per heavy atom. The topological polar surface area (TPSA) is 32.5 Å². The van der Waals surface area contributed by atoms with Gasteiger partial charge in [0.2, 0.25) is 0 Å². The number of nitrogens with zero attached hydrogens (tertiary/aromatic N) is 2. The van der Waals surface area contributed by atoms with Crippen LogP contribution in [-0.4, -0.2) is 49.6 Å². The molecule has 0 saturated carbocycles. The molecule has 0 aliphatic carbocycles. The highest BCUT2D eigenvalue weighted by Gasteiger charge is 2.31. The average Bonchev–Trinajstić information content (AvgIpc) is 2.70. The Morgan fingerprint density at radius 3 is 2.63 bits per heavy atom. The zero-order valence-electron chi connectivity index (χ0n) is 12.0. The summed E-state index contributed by atoms with van der Waals surface area (Å²) in [4.78, 5) is 4.60. The van der Waals surface area contributed by atoms with Gasteiger partial charge in [0.05, 0.1) is 0 Å². The number of hydrogen-bond acceptors (Lipinski definition) is 3. The summed E-state index contributed by atoms with van der Waals surface area (Å²) in [5.74, 6) is 0.425. The highest BCUT2D eigenvalue weighted by molar-refractivity contribution is 5.21. The van der Waals surface area contributed by atoms with Crippen molar-refractivity contribution in [3.63, 3.8) is 0 Å². The number of nitrogens with two attached hydrogens (primary N) is 1. The molecule has 1 fully saturated rings. The molecule has 0 aromatic heterocycles. The van der Waals surface area contributed by atoms with E-state index in [2.05, 4.69) is 30.8 Å². The van der Waals surface area contributed by atoms with E-state index in [0.29, 0.717) is 17.5 Å². The summed E-state index contributed by atoms with van der Waals surface area (Å²) in [5.41, 5.74) is 6.76. The average molecular weight is 265 g/mol. The van der Waals surface area contributed by atoms with Crippen LogP contribution in [0, 0.1) is 11.7 Å². The maximum absolute atomic E-state index is 13.7. The van der Waals surface area contributed by atoms with Gasteiger partial charge in [-0.1, -0.05) is 25.1 Å². The molecule has 0 amide bonds. The number of rotatable bonds is 4. The Bertz CT molecular complexity index is 422. The molecule has 1 saturated heterocycles. The van der Waals surface area contributed by atoms with Gasteiger partial charge in [0.1, 0.15) is 5.82 Å². The molecule has 106 valence electrons. The van der Waals surface area contributed by atoms with Crippen molar-refractivity contribution >= 4 is 0 Å². The van der Waals surface area contributed by atoms with Crippen molar-refractivity contribution < 1.29 is 4.39 Å². The van der Waals surface area contributed by atoms with Crippen molar-refractivity contribution in [2.45, 2.75) is 19.0 Å². The van der Waals surface area contributed by atoms with Crippen LogP contribution in [0.15, 0.2) is 24.3 Å². The monoisotopic (exact) mass is 265 g/mol. The lowest BCUT2D eigenvalue weighted by Crippen LogP contribution is -2.36. The third-order valence-electron chi connectivity index (χ3n) is 4.07. The second kappa shape index (κ2) is 5.99. The highest BCUT2D eigenvalue weighted by atomic mass is 19.1. The first-order chi connectivity index (χ1) is 8.99. The minimum atomic E-state index is -0.255. The van der Waals surface area contributed by atoms with Gasteiger partial charge in [-0.15, -0.1) is 0 Å². The largest absolute Gasteiger partial charge is 0.323 e. The Labute approximate surface area is 115 Å². The number of halogens is 1. The maximum Gasteiger partial charge on any atom is 0.128 e. The van der Waals surface area contributed by atoms with Gasteiger partial charge in [-0.3, -0.25) is 4.90 Å². The first-order valence-corrected chi connectivity index (χ1v) is 6.88. The lowest BCUT2D eigenvalue weighted by atomic mass is 10.1. The molecule has 2 rings (SSSR count). The quantitative estimate of drug-likeness (QED) is 0.899. The predicted molar refractivity (Wildman–Crippen MR) is 76.4 cm³/mol. The maximum atomic E-state index is 13.7. The molecule has 1 aliphatic heterocycles. The molecule has 0 radical (unpaired) electrons. The van der Waals surface area contributed by atoms with Gasteiger partial charge in [-0.25, -0.2) is 4.39 Å². The summed E-state index contributed by atoms with van der Waals surface area (Å²) in [5, 5.41) is 0. The molecule has 1 aromatic carbocycles. The molecule has 3 atom stereocenters. The Kier molecular flexibility index (Phi) is 4.55. The molecule has 1 aromatic rings. The zero-order valence-corrected chi connectivity index (χ0v) is 12.0. The van der Waals surface area contributed by atoms with Gasteiger partial charge in [0.25, 0.3) is 0 Å². The van der Waals surface area contributed by atoms with E-state index in [0.717, 1.165) is 19.6 Å². The van der Waals surface area contributed by atoms with Gasteiger partial charge in [0.15, 0.2) is 0 Å². The second-order valence-corrected chi connectivity index (χ2v) is 5.85. The van der Waals surface area contributed by atoms with Crippen LogP contribution in [0.5, 0.6) is 0 Å². The normalized spacial score (nSPS) is 26.0. The van der Waals surface area contributed by atoms with Crippen molar-refractivity contribution in [2.75, 3.05) is 33.7 Å². The van der Waals surface area contributed by atoms with Crippen LogP contribution in [0.3, 0.4) is 0 Å². The van der Waals surface area contributed by atoms with Crippen LogP contribution < -0.4 is 5.73 Å². The first kappa shape index (κ1) is 14.4. The third-order valence-corrected chi connectivity index (χ3v) is 4.07. The summed E-state index contributed by atoms with van der Waals surface area (Å²) < 4.78 is 13.7. The van der Waals surface area contributed by atoms with Crippen LogP contribution in [0.25, 0.3) is 0 Å². The summed E-state index contributed by atoms with van der Waals surface area (Å²) in [7, 11) is 4.23. The SMILES string of the molecule is CC1CN(CC(N)c2ccccc2F)CC1N(C)C. The molecular formula is C15H24FN3. The van der Waals surface area contributed by atoms with Gasteiger partial charge in [0, 0.05) is 37.3 Å². The standard InChI is InChI=1S/C15H24FN3/c1-11-8-19(10-15(11)18(2)3)9-14(17)12-6-4-5-7-13(12)16/h4-7,11,14-15H,8-10,17H2,1-3H3. The molecule has 2 N–H and O–H groups in total. The fourth-order valence-electron chi connectivity index (χ4n) is 3.02. The molecule has 3 unspecified atom stereocenters. The Balaban J connectivity index is 1.97. The lowest BCUT2D eigenvalue weighted by molar-refractivity contribution is 0.248. The number of hydrogen-bond donors (Lipinski definition) is 1. The fourth-order valence-corrected chi connectivity index (χ4v) is 3.02. The summed E-state index contributed by atoms with van der Waals surface area (Å²) in [6.07, 6.45) is 0. The molecule has 19 heavy (non-hydrogen) atoms. The zero-order chi connectivity index (χ0) is 14.0. The summed E-state index contributed by atoms with van der Waals surface area (Å²) in [6.45, 7) is 5.02. The number of likely N-dealkylation sites (N-methyl/N-ethyl adjacent to an activating group) is 1. The summed E-state index contributed by atoms with van der Waals surface area (Å²) >= 11 is 0. The molecule has 4 heteroatoms.